The number of hydrogen-bond acceptors (Lipinski definition) is 2. The Labute approximate surface area is 97.9 Å². The zero-order chi connectivity index (χ0) is 11.7. The molecule has 1 aromatic heterocycles. The van der Waals surface area contributed by atoms with Crippen molar-refractivity contribution < 1.29 is 8.96 Å². The smallest absolute Gasteiger partial charge is 0.221 e. The molecule has 0 saturated carbocycles. The molecule has 0 amide bonds. The quantitative estimate of drug-likeness (QED) is 0.587. The topological polar surface area (TPSA) is 21.7 Å². The first-order chi connectivity index (χ1) is 7.65. The van der Waals surface area contributed by atoms with Gasteiger partial charge in [-0.2, -0.15) is 0 Å². The van der Waals surface area contributed by atoms with Gasteiger partial charge in [0.2, 0.25) is 0 Å². The fourth-order valence-corrected chi connectivity index (χ4v) is 2.37. The van der Waals surface area contributed by atoms with Gasteiger partial charge in [-0.3, -0.25) is 0 Å². The highest BCUT2D eigenvalue weighted by atomic mass is 32.2. The van der Waals surface area contributed by atoms with Gasteiger partial charge in [0, 0.05) is 5.10 Å². The van der Waals surface area contributed by atoms with Crippen LogP contribution in [0, 0.1) is 5.82 Å². The number of nitrogens with zero attached hydrogens (tertiary/aromatic N) is 3. The molecule has 0 saturated heterocycles. The maximum absolute atomic E-state index is 13.6. The summed E-state index contributed by atoms with van der Waals surface area (Å²) in [6.07, 6.45) is 1.97. The van der Waals surface area contributed by atoms with Gasteiger partial charge >= 0.3 is 5.82 Å². The Hall–Kier alpha value is -1.36. The first-order valence-electron chi connectivity index (χ1n) is 4.87. The van der Waals surface area contributed by atoms with Crippen molar-refractivity contribution >= 4 is 11.8 Å². The predicted molar refractivity (Wildman–Crippen MR) is 61.6 cm³/mol. The molecule has 16 heavy (non-hydrogen) atoms. The van der Waals surface area contributed by atoms with Crippen LogP contribution in [0.3, 0.4) is 0 Å². The van der Waals surface area contributed by atoms with E-state index < -0.39 is 0 Å². The summed E-state index contributed by atoms with van der Waals surface area (Å²) in [4.78, 5) is 0. The van der Waals surface area contributed by atoms with Crippen molar-refractivity contribution in [3.05, 3.63) is 30.1 Å². The van der Waals surface area contributed by atoms with E-state index in [0.717, 1.165) is 5.16 Å². The number of halogens is 1. The molecule has 2 aromatic rings. The SMILES string of the molecule is CSc1n(C)nc(-c2ccccc2F)[n+]1C. The van der Waals surface area contributed by atoms with E-state index in [4.69, 9.17) is 0 Å². The summed E-state index contributed by atoms with van der Waals surface area (Å²) in [7, 11) is 3.75. The number of aromatic nitrogens is 3. The molecule has 0 radical (unpaired) electrons. The van der Waals surface area contributed by atoms with Gasteiger partial charge in [-0.05, 0) is 18.4 Å². The van der Waals surface area contributed by atoms with E-state index in [1.807, 2.05) is 31.0 Å². The van der Waals surface area contributed by atoms with Crippen LogP contribution in [0.4, 0.5) is 4.39 Å². The van der Waals surface area contributed by atoms with Crippen molar-refractivity contribution in [2.24, 2.45) is 14.1 Å². The molecule has 5 heteroatoms. The number of benzene rings is 1. The van der Waals surface area contributed by atoms with E-state index in [9.17, 15) is 4.39 Å². The van der Waals surface area contributed by atoms with Crippen LogP contribution in [0.15, 0.2) is 29.4 Å². The minimum absolute atomic E-state index is 0.246. The van der Waals surface area contributed by atoms with Gasteiger partial charge in [0.05, 0.1) is 19.7 Å². The standard InChI is InChI=1S/C11H13FN3S/c1-14-10(13-15(2)11(14)16-3)8-6-4-5-7-9(8)12/h4-7H,1-3H3/q+1. The molecule has 2 rings (SSSR count). The molecule has 0 unspecified atom stereocenters. The molecule has 84 valence electrons. The molecule has 0 aliphatic heterocycles. The molecule has 0 atom stereocenters. The number of rotatable bonds is 2. The summed E-state index contributed by atoms with van der Waals surface area (Å²) in [6.45, 7) is 0. The molecular formula is C11H13FN3S+. The first kappa shape index (κ1) is 11.1. The van der Waals surface area contributed by atoms with E-state index >= 15 is 0 Å². The van der Waals surface area contributed by atoms with Gasteiger partial charge in [-0.25, -0.2) is 8.96 Å². The van der Waals surface area contributed by atoms with Crippen LogP contribution >= 0.6 is 11.8 Å². The van der Waals surface area contributed by atoms with Crippen LogP contribution in [0.2, 0.25) is 0 Å². The molecular weight excluding hydrogens is 225 g/mol. The Kier molecular flexibility index (Phi) is 2.96. The Balaban J connectivity index is 2.62. The largest absolute Gasteiger partial charge is 0.312 e. The van der Waals surface area contributed by atoms with E-state index in [-0.39, 0.29) is 5.82 Å². The van der Waals surface area contributed by atoms with Gasteiger partial charge in [0.25, 0.3) is 5.16 Å². The van der Waals surface area contributed by atoms with Crippen LogP contribution in [0.1, 0.15) is 0 Å². The summed E-state index contributed by atoms with van der Waals surface area (Å²) in [6, 6.07) is 6.67. The Morgan fingerprint density at radius 1 is 1.38 bits per heavy atom. The van der Waals surface area contributed by atoms with Gasteiger partial charge < -0.3 is 0 Å². The Morgan fingerprint density at radius 3 is 2.62 bits per heavy atom. The lowest BCUT2D eigenvalue weighted by Crippen LogP contribution is -2.31. The van der Waals surface area contributed by atoms with E-state index in [1.165, 1.54) is 6.07 Å². The summed E-state index contributed by atoms with van der Waals surface area (Å²) in [5.41, 5.74) is 0.529. The van der Waals surface area contributed by atoms with Gasteiger partial charge in [0.1, 0.15) is 5.82 Å². The van der Waals surface area contributed by atoms with Crippen LogP contribution < -0.4 is 4.57 Å². The monoisotopic (exact) mass is 238 g/mol. The number of aryl methyl sites for hydroxylation is 1. The minimum atomic E-state index is -0.246. The first-order valence-corrected chi connectivity index (χ1v) is 6.09. The fourth-order valence-electron chi connectivity index (χ4n) is 1.71. The van der Waals surface area contributed by atoms with E-state index in [0.29, 0.717) is 11.4 Å². The fraction of sp³-hybridized carbons (Fsp3) is 0.273. The van der Waals surface area contributed by atoms with Crippen molar-refractivity contribution in [1.29, 1.82) is 0 Å². The van der Waals surface area contributed by atoms with Gasteiger partial charge in [-0.15, -0.1) is 4.68 Å². The van der Waals surface area contributed by atoms with Crippen molar-refractivity contribution in [2.75, 3.05) is 6.26 Å². The molecule has 0 N–H and O–H groups in total. The summed E-state index contributed by atoms with van der Waals surface area (Å²) in [5, 5.41) is 5.32. The molecule has 3 nitrogen and oxygen atoms in total. The van der Waals surface area contributed by atoms with Gasteiger partial charge in [-0.1, -0.05) is 23.9 Å². The molecule has 0 aliphatic carbocycles. The molecule has 0 fully saturated rings. The molecule has 1 aromatic carbocycles. The summed E-state index contributed by atoms with van der Waals surface area (Å²) < 4.78 is 17.3. The zero-order valence-electron chi connectivity index (χ0n) is 9.44. The van der Waals surface area contributed by atoms with Crippen molar-refractivity contribution in [3.8, 4) is 11.4 Å². The minimum Gasteiger partial charge on any atom is -0.221 e. The molecule has 0 spiro atoms. The van der Waals surface area contributed by atoms with Crippen LogP contribution in [0.25, 0.3) is 11.4 Å². The second-order valence-corrected chi connectivity index (χ2v) is 4.25. The molecule has 0 bridgehead atoms. The van der Waals surface area contributed by atoms with Crippen molar-refractivity contribution in [1.82, 2.24) is 9.78 Å². The number of thioether (sulfide) groups is 1. The molecule has 0 aliphatic rings. The average Bonchev–Trinajstić information content (AvgIpc) is 2.55. The number of hydrogen-bond donors (Lipinski definition) is 0. The van der Waals surface area contributed by atoms with Crippen LogP contribution in [-0.2, 0) is 14.1 Å². The lowest BCUT2D eigenvalue weighted by Gasteiger charge is -1.96. The lowest BCUT2D eigenvalue weighted by molar-refractivity contribution is -0.699. The second-order valence-electron chi connectivity index (χ2n) is 3.47. The second kappa shape index (κ2) is 4.25. The van der Waals surface area contributed by atoms with Crippen LogP contribution in [-0.4, -0.2) is 16.0 Å². The summed E-state index contributed by atoms with van der Waals surface area (Å²) >= 11 is 1.58. The van der Waals surface area contributed by atoms with Crippen molar-refractivity contribution in [2.45, 2.75) is 5.16 Å². The Morgan fingerprint density at radius 2 is 2.06 bits per heavy atom. The summed E-state index contributed by atoms with van der Waals surface area (Å²) in [5.74, 6) is 0.397. The van der Waals surface area contributed by atoms with Crippen LogP contribution in [0.5, 0.6) is 0 Å². The predicted octanol–water partition coefficient (Wildman–Crippen LogP) is 1.77. The maximum atomic E-state index is 13.6. The third-order valence-corrected chi connectivity index (χ3v) is 3.33. The van der Waals surface area contributed by atoms with Gasteiger partial charge in [0.15, 0.2) is 0 Å². The van der Waals surface area contributed by atoms with E-state index in [1.54, 1.807) is 28.6 Å². The Bertz CT molecular complexity index is 522. The normalized spacial score (nSPS) is 10.8. The molecule has 1 heterocycles. The third-order valence-electron chi connectivity index (χ3n) is 2.42. The zero-order valence-corrected chi connectivity index (χ0v) is 10.3. The highest BCUT2D eigenvalue weighted by Gasteiger charge is 2.23. The average molecular weight is 238 g/mol. The maximum Gasteiger partial charge on any atom is 0.312 e. The van der Waals surface area contributed by atoms with Crippen molar-refractivity contribution in [3.63, 3.8) is 0 Å². The lowest BCUT2D eigenvalue weighted by atomic mass is 10.2. The van der Waals surface area contributed by atoms with E-state index in [2.05, 4.69) is 5.10 Å². The third kappa shape index (κ3) is 1.71. The highest BCUT2D eigenvalue weighted by molar-refractivity contribution is 7.98. The highest BCUT2D eigenvalue weighted by Crippen LogP contribution is 2.19.